The van der Waals surface area contributed by atoms with Gasteiger partial charge in [-0.05, 0) is 6.92 Å². The molecule has 0 bridgehead atoms. The van der Waals surface area contributed by atoms with E-state index in [0.29, 0.717) is 0 Å². The Balaban J connectivity index is 2.36. The van der Waals surface area contributed by atoms with Crippen molar-refractivity contribution >= 4 is 36.5 Å². The molecular weight excluding hydrogens is 205 g/mol. The standard InChI is InChI=1S/C8H15NPS2/c1-2-7(9-6-10)5-8-11-3-4-12-8/h2,9H,3-6,10H2,1H3/q+1. The first kappa shape index (κ1) is 10.5. The van der Waals surface area contributed by atoms with Gasteiger partial charge in [-0.2, -0.15) is 0 Å². The van der Waals surface area contributed by atoms with Crippen molar-refractivity contribution in [1.82, 2.24) is 5.32 Å². The molecule has 1 aliphatic rings. The zero-order valence-corrected chi connectivity index (χ0v) is 10.1. The van der Waals surface area contributed by atoms with E-state index in [4.69, 9.17) is 0 Å². The minimum atomic E-state index is 0.947. The van der Waals surface area contributed by atoms with Crippen molar-refractivity contribution < 1.29 is 0 Å². The molecule has 4 heteroatoms. The van der Waals surface area contributed by atoms with Gasteiger partial charge in [-0.25, -0.2) is 0 Å². The van der Waals surface area contributed by atoms with Crippen LogP contribution in [-0.2, 0) is 11.4 Å². The highest BCUT2D eigenvalue weighted by atomic mass is 32.2. The normalized spacial score (nSPS) is 17.8. The van der Waals surface area contributed by atoms with Crippen molar-refractivity contribution in [1.29, 1.82) is 0 Å². The molecule has 1 nitrogen and oxygen atoms in total. The maximum atomic E-state index is 3.34. The molecule has 1 aliphatic heterocycles. The second-order valence-electron chi connectivity index (χ2n) is 2.44. The van der Waals surface area contributed by atoms with Gasteiger partial charge in [-0.3, -0.25) is 0 Å². The summed E-state index contributed by atoms with van der Waals surface area (Å²) in [5.74, 6) is 2.58. The minimum absolute atomic E-state index is 0.947. The van der Waals surface area contributed by atoms with E-state index < -0.39 is 0 Å². The van der Waals surface area contributed by atoms with Gasteiger partial charge in [0.2, 0.25) is 4.20 Å². The molecule has 0 aliphatic carbocycles. The molecule has 1 unspecified atom stereocenters. The van der Waals surface area contributed by atoms with Gasteiger partial charge in [0.25, 0.3) is 0 Å². The van der Waals surface area contributed by atoms with Gasteiger partial charge >= 0.3 is 0 Å². The largest absolute Gasteiger partial charge is 0.385 e. The summed E-state index contributed by atoms with van der Waals surface area (Å²) < 4.78 is 1.56. The number of allylic oxidation sites excluding steroid dienone is 2. The smallest absolute Gasteiger partial charge is 0.240 e. The molecule has 1 N–H and O–H groups in total. The number of rotatable bonds is 4. The summed E-state index contributed by atoms with van der Waals surface area (Å²) in [5.41, 5.74) is 1.35. The van der Waals surface area contributed by atoms with Crippen LogP contribution in [0.1, 0.15) is 13.3 Å². The van der Waals surface area contributed by atoms with Crippen molar-refractivity contribution in [2.24, 2.45) is 0 Å². The van der Waals surface area contributed by atoms with Crippen molar-refractivity contribution in [3.05, 3.63) is 11.8 Å². The van der Waals surface area contributed by atoms with Crippen molar-refractivity contribution in [3.63, 3.8) is 0 Å². The number of hydrogen-bond acceptors (Lipinski definition) is 2. The Morgan fingerprint density at radius 1 is 1.83 bits per heavy atom. The molecule has 0 amide bonds. The van der Waals surface area contributed by atoms with Crippen LogP contribution < -0.4 is 5.32 Å². The minimum Gasteiger partial charge on any atom is -0.385 e. The fourth-order valence-corrected chi connectivity index (χ4v) is 3.74. The van der Waals surface area contributed by atoms with E-state index in [-0.39, 0.29) is 0 Å². The van der Waals surface area contributed by atoms with Crippen molar-refractivity contribution in [2.45, 2.75) is 13.3 Å². The second kappa shape index (κ2) is 5.95. The lowest BCUT2D eigenvalue weighted by Gasteiger charge is -2.04. The van der Waals surface area contributed by atoms with E-state index in [2.05, 4.69) is 27.6 Å². The van der Waals surface area contributed by atoms with E-state index in [0.717, 1.165) is 12.7 Å². The Bertz CT molecular complexity index is 201. The van der Waals surface area contributed by atoms with E-state index in [1.54, 1.807) is 4.20 Å². The summed E-state index contributed by atoms with van der Waals surface area (Å²) in [6, 6.07) is 0. The SMILES string of the molecule is CC=C(CC1=[S+]CCS1)NCP. The summed E-state index contributed by atoms with van der Waals surface area (Å²) in [5, 5.41) is 3.34. The van der Waals surface area contributed by atoms with Gasteiger partial charge in [0.15, 0.2) is 17.1 Å². The zero-order chi connectivity index (χ0) is 8.81. The van der Waals surface area contributed by atoms with Gasteiger partial charge in [0.05, 0.1) is 12.2 Å². The lowest BCUT2D eigenvalue weighted by molar-refractivity contribution is 0.931. The fraction of sp³-hybridized carbons (Fsp3) is 0.625. The van der Waals surface area contributed by atoms with Crippen LogP contribution in [0, 0.1) is 0 Å². The van der Waals surface area contributed by atoms with Crippen LogP contribution >= 0.6 is 21.0 Å². The Morgan fingerprint density at radius 2 is 2.67 bits per heavy atom. The van der Waals surface area contributed by atoms with Gasteiger partial charge in [0.1, 0.15) is 0 Å². The zero-order valence-electron chi connectivity index (χ0n) is 7.30. The molecule has 1 heterocycles. The monoisotopic (exact) mass is 220 g/mol. The van der Waals surface area contributed by atoms with Crippen LogP contribution in [0.25, 0.3) is 0 Å². The highest BCUT2D eigenvalue weighted by Crippen LogP contribution is 2.15. The summed E-state index contributed by atoms with van der Waals surface area (Å²) in [6.45, 7) is 2.09. The van der Waals surface area contributed by atoms with Crippen LogP contribution in [0.4, 0.5) is 0 Å². The van der Waals surface area contributed by atoms with Gasteiger partial charge in [0, 0.05) is 12.0 Å². The molecule has 0 radical (unpaired) electrons. The lowest BCUT2D eigenvalue weighted by Crippen LogP contribution is -2.12. The van der Waals surface area contributed by atoms with Crippen LogP contribution in [-0.4, -0.2) is 22.0 Å². The fourth-order valence-electron chi connectivity index (χ4n) is 1.01. The summed E-state index contributed by atoms with van der Waals surface area (Å²) >= 11 is 4.01. The van der Waals surface area contributed by atoms with Crippen molar-refractivity contribution in [3.8, 4) is 0 Å². The predicted octanol–water partition coefficient (Wildman–Crippen LogP) is 1.66. The van der Waals surface area contributed by atoms with Crippen LogP contribution in [0.2, 0.25) is 0 Å². The molecule has 1 rings (SSSR count). The van der Waals surface area contributed by atoms with Crippen molar-refractivity contribution in [2.75, 3.05) is 17.8 Å². The van der Waals surface area contributed by atoms with Crippen LogP contribution in [0.5, 0.6) is 0 Å². The maximum absolute atomic E-state index is 3.34. The van der Waals surface area contributed by atoms with Gasteiger partial charge < -0.3 is 5.32 Å². The Kier molecular flexibility index (Phi) is 5.21. The topological polar surface area (TPSA) is 12.0 Å². The first-order valence-electron chi connectivity index (χ1n) is 4.07. The molecular formula is C8H15NPS2+. The average molecular weight is 220 g/mol. The third kappa shape index (κ3) is 3.42. The Labute approximate surface area is 84.9 Å². The van der Waals surface area contributed by atoms with E-state index in [9.17, 15) is 0 Å². The molecule has 0 aromatic carbocycles. The third-order valence-corrected chi connectivity index (χ3v) is 4.54. The molecule has 0 saturated carbocycles. The number of nitrogens with one attached hydrogen (secondary N) is 1. The summed E-state index contributed by atoms with van der Waals surface area (Å²) in [6.07, 6.45) is 4.22. The molecule has 12 heavy (non-hydrogen) atoms. The van der Waals surface area contributed by atoms with Crippen LogP contribution in [0.3, 0.4) is 0 Å². The molecule has 0 saturated heterocycles. The highest BCUT2D eigenvalue weighted by Gasteiger charge is 2.19. The maximum Gasteiger partial charge on any atom is 0.240 e. The van der Waals surface area contributed by atoms with E-state index in [1.165, 1.54) is 17.2 Å². The predicted molar refractivity (Wildman–Crippen MR) is 65.8 cm³/mol. The Hall–Kier alpha value is 0.410. The molecule has 1 atom stereocenters. The number of hydrogen-bond donors (Lipinski definition) is 1. The summed E-state index contributed by atoms with van der Waals surface area (Å²) in [4.78, 5) is 0. The highest BCUT2D eigenvalue weighted by molar-refractivity contribution is 8.24. The first-order chi connectivity index (χ1) is 5.86. The third-order valence-electron chi connectivity index (χ3n) is 1.62. The summed E-state index contributed by atoms with van der Waals surface area (Å²) in [7, 11) is 2.69. The van der Waals surface area contributed by atoms with Gasteiger partial charge in [-0.1, -0.05) is 17.8 Å². The molecule has 68 valence electrons. The quantitative estimate of drug-likeness (QED) is 0.439. The van der Waals surface area contributed by atoms with E-state index in [1.807, 2.05) is 23.1 Å². The Morgan fingerprint density at radius 3 is 3.17 bits per heavy atom. The lowest BCUT2D eigenvalue weighted by atomic mass is 10.3. The molecule has 0 spiro atoms. The molecule has 0 fully saturated rings. The van der Waals surface area contributed by atoms with E-state index >= 15 is 0 Å². The average Bonchev–Trinajstić information content (AvgIpc) is 2.56. The molecule has 0 aromatic heterocycles. The van der Waals surface area contributed by atoms with Gasteiger partial charge in [-0.15, -0.1) is 9.24 Å². The number of thioether (sulfide) groups is 1. The second-order valence-corrected chi connectivity index (χ2v) is 5.49. The molecule has 0 aromatic rings. The first-order valence-corrected chi connectivity index (χ1v) is 6.86. The van der Waals surface area contributed by atoms with Crippen LogP contribution in [0.15, 0.2) is 11.8 Å².